The van der Waals surface area contributed by atoms with E-state index in [1.807, 2.05) is 12.2 Å². The maximum atomic E-state index is 11.5. The number of amides is 3. The topological polar surface area (TPSA) is 93.7 Å². The van der Waals surface area contributed by atoms with Gasteiger partial charge in [0.15, 0.2) is 6.61 Å². The lowest BCUT2D eigenvalue weighted by molar-refractivity contribution is -0.148. The Bertz CT molecular complexity index is 592. The van der Waals surface area contributed by atoms with E-state index in [0.29, 0.717) is 30.3 Å². The first-order valence-corrected chi connectivity index (χ1v) is 7.92. The Hall–Kier alpha value is -2.28. The van der Waals surface area contributed by atoms with Gasteiger partial charge in [-0.25, -0.2) is 4.79 Å². The second-order valence-corrected chi connectivity index (χ2v) is 5.37. The molecule has 0 saturated heterocycles. The van der Waals surface area contributed by atoms with Crippen molar-refractivity contribution in [3.8, 4) is 5.75 Å². The van der Waals surface area contributed by atoms with E-state index < -0.39 is 24.5 Å². The summed E-state index contributed by atoms with van der Waals surface area (Å²) in [6.45, 7) is 3.84. The highest BCUT2D eigenvalue weighted by atomic mass is 35.5. The second kappa shape index (κ2) is 10.5. The van der Waals surface area contributed by atoms with Crippen molar-refractivity contribution in [2.75, 3.05) is 19.8 Å². The first-order valence-electron chi connectivity index (χ1n) is 7.54. The first-order chi connectivity index (χ1) is 11.4. The average molecular weight is 357 g/mol. The van der Waals surface area contributed by atoms with Crippen molar-refractivity contribution in [2.45, 2.75) is 26.7 Å². The van der Waals surface area contributed by atoms with Crippen molar-refractivity contribution in [3.05, 3.63) is 28.8 Å². The molecule has 0 fully saturated rings. The van der Waals surface area contributed by atoms with E-state index in [0.717, 1.165) is 5.56 Å². The van der Waals surface area contributed by atoms with E-state index in [4.69, 9.17) is 21.1 Å². The summed E-state index contributed by atoms with van der Waals surface area (Å²) in [5.41, 5.74) is 0.909. The molecule has 0 radical (unpaired) electrons. The molecule has 0 aliphatic rings. The van der Waals surface area contributed by atoms with Crippen LogP contribution in [0.1, 0.15) is 25.3 Å². The minimum atomic E-state index is -0.678. The monoisotopic (exact) mass is 356 g/mol. The van der Waals surface area contributed by atoms with Gasteiger partial charge in [-0.3, -0.25) is 14.9 Å². The molecular formula is C16H21ClN2O5. The van der Waals surface area contributed by atoms with Gasteiger partial charge in [-0.1, -0.05) is 11.6 Å². The van der Waals surface area contributed by atoms with Gasteiger partial charge in [0.25, 0.3) is 5.91 Å². The number of carbonyl (C=O) groups excluding carboxylic acids is 3. The maximum absolute atomic E-state index is 11.5. The van der Waals surface area contributed by atoms with Crippen LogP contribution in [0.25, 0.3) is 0 Å². The zero-order chi connectivity index (χ0) is 17.9. The normalized spacial score (nSPS) is 9.96. The van der Waals surface area contributed by atoms with Gasteiger partial charge < -0.3 is 14.8 Å². The lowest BCUT2D eigenvalue weighted by Crippen LogP contribution is -2.41. The fourth-order valence-corrected chi connectivity index (χ4v) is 1.99. The number of carbonyl (C=O) groups is 3. The van der Waals surface area contributed by atoms with Crippen molar-refractivity contribution >= 4 is 29.5 Å². The summed E-state index contributed by atoms with van der Waals surface area (Å²) in [5, 5.41) is 5.06. The van der Waals surface area contributed by atoms with Crippen LogP contribution in [-0.4, -0.2) is 37.7 Å². The number of esters is 1. The van der Waals surface area contributed by atoms with Gasteiger partial charge >= 0.3 is 12.0 Å². The smallest absolute Gasteiger partial charge is 0.321 e. The Labute approximate surface area is 145 Å². The largest absolute Gasteiger partial charge is 0.493 e. The van der Waals surface area contributed by atoms with Crippen molar-refractivity contribution in [3.63, 3.8) is 0 Å². The molecule has 1 aromatic rings. The van der Waals surface area contributed by atoms with E-state index >= 15 is 0 Å². The van der Waals surface area contributed by atoms with E-state index in [-0.39, 0.29) is 6.42 Å². The summed E-state index contributed by atoms with van der Waals surface area (Å²) in [6.07, 6.45) is 0.555. The molecular weight excluding hydrogens is 336 g/mol. The number of hydrogen-bond donors (Lipinski definition) is 2. The van der Waals surface area contributed by atoms with Crippen molar-refractivity contribution in [2.24, 2.45) is 0 Å². The number of imide groups is 1. The van der Waals surface area contributed by atoms with Crippen molar-refractivity contribution in [1.82, 2.24) is 10.6 Å². The molecule has 8 heteroatoms. The van der Waals surface area contributed by atoms with Crippen LogP contribution in [0.5, 0.6) is 5.75 Å². The van der Waals surface area contributed by atoms with E-state index in [2.05, 4.69) is 5.32 Å². The Kier molecular flexibility index (Phi) is 8.64. The van der Waals surface area contributed by atoms with Crippen molar-refractivity contribution < 1.29 is 23.9 Å². The molecule has 2 N–H and O–H groups in total. The number of rotatable bonds is 8. The van der Waals surface area contributed by atoms with Crippen LogP contribution in [0.4, 0.5) is 4.79 Å². The molecule has 1 aromatic carbocycles. The molecule has 0 aliphatic heterocycles. The second-order valence-electron chi connectivity index (χ2n) is 4.93. The SMILES string of the molecule is CCNC(=O)NC(=O)COC(=O)CCCOc1ccc(Cl)cc1C. The van der Waals surface area contributed by atoms with Crippen molar-refractivity contribution in [1.29, 1.82) is 0 Å². The lowest BCUT2D eigenvalue weighted by atomic mass is 10.2. The Morgan fingerprint density at radius 2 is 2.00 bits per heavy atom. The van der Waals surface area contributed by atoms with Gasteiger partial charge in [-0.2, -0.15) is 0 Å². The Balaban J connectivity index is 2.18. The Morgan fingerprint density at radius 1 is 1.25 bits per heavy atom. The summed E-state index contributed by atoms with van der Waals surface area (Å²) in [7, 11) is 0. The molecule has 7 nitrogen and oxygen atoms in total. The highest BCUT2D eigenvalue weighted by molar-refractivity contribution is 6.30. The first kappa shape index (κ1) is 19.8. The van der Waals surface area contributed by atoms with Gasteiger partial charge in [0.05, 0.1) is 6.61 Å². The number of aryl methyl sites for hydroxylation is 1. The quantitative estimate of drug-likeness (QED) is 0.550. The minimum Gasteiger partial charge on any atom is -0.493 e. The van der Waals surface area contributed by atoms with Gasteiger partial charge in [0.1, 0.15) is 5.75 Å². The molecule has 132 valence electrons. The van der Waals surface area contributed by atoms with Crippen LogP contribution in [0.3, 0.4) is 0 Å². The molecule has 0 heterocycles. The number of nitrogens with one attached hydrogen (secondary N) is 2. The van der Waals surface area contributed by atoms with E-state index in [9.17, 15) is 14.4 Å². The maximum Gasteiger partial charge on any atom is 0.321 e. The van der Waals surface area contributed by atoms with Crippen LogP contribution in [0, 0.1) is 6.92 Å². The summed E-state index contributed by atoms with van der Waals surface area (Å²) in [4.78, 5) is 33.9. The third-order valence-corrected chi connectivity index (χ3v) is 3.11. The molecule has 1 rings (SSSR count). The summed E-state index contributed by atoms with van der Waals surface area (Å²) >= 11 is 5.85. The van der Waals surface area contributed by atoms with Gasteiger partial charge in [-0.15, -0.1) is 0 Å². The minimum absolute atomic E-state index is 0.112. The highest BCUT2D eigenvalue weighted by Gasteiger charge is 2.10. The molecule has 0 unspecified atom stereocenters. The van der Waals surface area contributed by atoms with E-state index in [1.165, 1.54) is 0 Å². The summed E-state index contributed by atoms with van der Waals surface area (Å²) in [6, 6.07) is 4.66. The highest BCUT2D eigenvalue weighted by Crippen LogP contribution is 2.21. The molecule has 24 heavy (non-hydrogen) atoms. The van der Waals surface area contributed by atoms with Crippen LogP contribution < -0.4 is 15.4 Å². The number of benzene rings is 1. The lowest BCUT2D eigenvalue weighted by Gasteiger charge is -2.09. The van der Waals surface area contributed by atoms with Crippen LogP contribution in [0.15, 0.2) is 18.2 Å². The fourth-order valence-electron chi connectivity index (χ4n) is 1.76. The van der Waals surface area contributed by atoms with Gasteiger partial charge in [-0.05, 0) is 44.0 Å². The number of halogens is 1. The molecule has 0 spiro atoms. The molecule has 0 aliphatic carbocycles. The van der Waals surface area contributed by atoms with Crippen LogP contribution in [0.2, 0.25) is 5.02 Å². The third-order valence-electron chi connectivity index (χ3n) is 2.87. The summed E-state index contributed by atoms with van der Waals surface area (Å²) < 4.78 is 10.3. The predicted octanol–water partition coefficient (Wildman–Crippen LogP) is 2.20. The number of urea groups is 1. The number of hydrogen-bond acceptors (Lipinski definition) is 5. The zero-order valence-corrected chi connectivity index (χ0v) is 14.4. The third kappa shape index (κ3) is 7.82. The Morgan fingerprint density at radius 3 is 2.67 bits per heavy atom. The van der Waals surface area contributed by atoms with E-state index in [1.54, 1.807) is 25.1 Å². The molecule has 0 saturated carbocycles. The molecule has 0 aromatic heterocycles. The average Bonchev–Trinajstić information content (AvgIpc) is 2.51. The van der Waals surface area contributed by atoms with Gasteiger partial charge in [0, 0.05) is 18.0 Å². The van der Waals surface area contributed by atoms with Crippen LogP contribution in [-0.2, 0) is 14.3 Å². The van der Waals surface area contributed by atoms with Gasteiger partial charge in [0.2, 0.25) is 0 Å². The number of ether oxygens (including phenoxy) is 2. The molecule has 3 amide bonds. The fraction of sp³-hybridized carbons (Fsp3) is 0.438. The molecule has 0 atom stereocenters. The standard InChI is InChI=1S/C16H21ClN2O5/c1-3-18-16(22)19-14(20)10-24-15(21)5-4-8-23-13-7-6-12(17)9-11(13)2/h6-7,9H,3-5,8,10H2,1-2H3,(H2,18,19,20,22). The summed E-state index contributed by atoms with van der Waals surface area (Å²) in [5.74, 6) is -0.506. The zero-order valence-electron chi connectivity index (χ0n) is 13.7. The molecule has 0 bridgehead atoms. The van der Waals surface area contributed by atoms with Crippen LogP contribution >= 0.6 is 11.6 Å². The predicted molar refractivity (Wildman–Crippen MR) is 89.1 cm³/mol.